The molecule has 0 aliphatic carbocycles. The zero-order valence-electron chi connectivity index (χ0n) is 20.3. The normalized spacial score (nSPS) is 15.0. The number of hydrogen-bond acceptors (Lipinski definition) is 8. The van der Waals surface area contributed by atoms with E-state index in [9.17, 15) is 39.3 Å². The Morgan fingerprint density at radius 1 is 0.944 bits per heavy atom. The number of phenolic OH excluding ortho intramolecular Hbond substituents is 1. The van der Waals surface area contributed by atoms with E-state index < -0.39 is 66.3 Å². The van der Waals surface area contributed by atoms with Crippen LogP contribution in [0.25, 0.3) is 0 Å². The number of carboxylic acid groups (broad SMARTS) is 1. The summed E-state index contributed by atoms with van der Waals surface area (Å²) in [7, 11) is 0. The largest absolute Gasteiger partial charge is 0.508 e. The number of nitrogens with two attached hydrogens (primary N) is 2. The standard InChI is InChI=1S/C23H35N5O8/c1-3-12(2)19(23(35)36)28-22(34)17(11-29)27-21(33)16(8-9-18(25)31)26-20(32)15(24)10-13-4-6-14(30)7-5-13/h4-7,12,15-17,19,29-30H,3,8-11,24H2,1-2H3,(H2,25,31)(H,26,32)(H,27,33)(H,28,34)(H,35,36). The van der Waals surface area contributed by atoms with Crippen molar-refractivity contribution in [1.29, 1.82) is 0 Å². The topological polar surface area (TPSA) is 234 Å². The second-order valence-corrected chi connectivity index (χ2v) is 8.50. The molecule has 1 rings (SSSR count). The van der Waals surface area contributed by atoms with E-state index in [-0.39, 0.29) is 25.0 Å². The second-order valence-electron chi connectivity index (χ2n) is 8.50. The molecule has 0 spiro atoms. The van der Waals surface area contributed by atoms with E-state index in [4.69, 9.17) is 11.5 Å². The number of amides is 4. The number of hydrogen-bond donors (Lipinski definition) is 8. The number of nitrogens with one attached hydrogen (secondary N) is 3. The van der Waals surface area contributed by atoms with Gasteiger partial charge in [-0.25, -0.2) is 4.79 Å². The van der Waals surface area contributed by atoms with E-state index >= 15 is 0 Å². The predicted octanol–water partition coefficient (Wildman–Crippen LogP) is -1.90. The third-order valence-corrected chi connectivity index (χ3v) is 5.63. The van der Waals surface area contributed by atoms with Gasteiger partial charge in [-0.05, 0) is 36.5 Å². The third kappa shape index (κ3) is 9.88. The van der Waals surface area contributed by atoms with Gasteiger partial charge in [-0.1, -0.05) is 32.4 Å². The highest BCUT2D eigenvalue weighted by Gasteiger charge is 2.31. The molecule has 1 aromatic carbocycles. The van der Waals surface area contributed by atoms with Gasteiger partial charge < -0.3 is 42.7 Å². The van der Waals surface area contributed by atoms with Crippen LogP contribution in [0.4, 0.5) is 0 Å². The Hall–Kier alpha value is -3.71. The first-order valence-electron chi connectivity index (χ1n) is 11.5. The van der Waals surface area contributed by atoms with Crippen LogP contribution in [0.5, 0.6) is 5.75 Å². The highest BCUT2D eigenvalue weighted by molar-refractivity contribution is 5.94. The van der Waals surface area contributed by atoms with Crippen molar-refractivity contribution in [3.05, 3.63) is 29.8 Å². The molecule has 0 aliphatic rings. The van der Waals surface area contributed by atoms with Gasteiger partial charge in [-0.3, -0.25) is 19.2 Å². The lowest BCUT2D eigenvalue weighted by atomic mass is 9.99. The van der Waals surface area contributed by atoms with Crippen molar-refractivity contribution in [2.75, 3.05) is 6.61 Å². The molecule has 0 aromatic heterocycles. The maximum absolute atomic E-state index is 12.8. The van der Waals surface area contributed by atoms with Gasteiger partial charge in [0.1, 0.15) is 23.9 Å². The molecule has 0 saturated carbocycles. The molecule has 5 atom stereocenters. The van der Waals surface area contributed by atoms with E-state index in [2.05, 4.69) is 16.0 Å². The maximum atomic E-state index is 12.8. The summed E-state index contributed by atoms with van der Waals surface area (Å²) < 4.78 is 0. The summed E-state index contributed by atoms with van der Waals surface area (Å²) in [5, 5.41) is 35.3. The first-order chi connectivity index (χ1) is 16.9. The van der Waals surface area contributed by atoms with Gasteiger partial charge >= 0.3 is 5.97 Å². The van der Waals surface area contributed by atoms with E-state index in [0.717, 1.165) is 0 Å². The van der Waals surface area contributed by atoms with Crippen LogP contribution in [-0.4, -0.2) is 75.7 Å². The quantitative estimate of drug-likeness (QED) is 0.132. The molecule has 0 bridgehead atoms. The van der Waals surface area contributed by atoms with Crippen LogP contribution in [0.1, 0.15) is 38.7 Å². The summed E-state index contributed by atoms with van der Waals surface area (Å²) in [5.41, 5.74) is 11.7. The summed E-state index contributed by atoms with van der Waals surface area (Å²) in [6.45, 7) is 2.53. The van der Waals surface area contributed by atoms with E-state index in [0.29, 0.717) is 12.0 Å². The Morgan fingerprint density at radius 2 is 1.50 bits per heavy atom. The number of carbonyl (C=O) groups is 5. The monoisotopic (exact) mass is 509 g/mol. The smallest absolute Gasteiger partial charge is 0.326 e. The summed E-state index contributed by atoms with van der Waals surface area (Å²) in [6, 6.07) is 0.865. The molecule has 13 nitrogen and oxygen atoms in total. The Balaban J connectivity index is 2.91. The molecular weight excluding hydrogens is 474 g/mol. The van der Waals surface area contributed by atoms with Crippen LogP contribution in [0.3, 0.4) is 0 Å². The van der Waals surface area contributed by atoms with Crippen molar-refractivity contribution in [3.63, 3.8) is 0 Å². The highest BCUT2D eigenvalue weighted by atomic mass is 16.4. The van der Waals surface area contributed by atoms with Gasteiger partial charge in [0.05, 0.1) is 12.6 Å². The molecule has 13 heteroatoms. The fourth-order valence-corrected chi connectivity index (χ4v) is 3.22. The molecule has 0 fully saturated rings. The first-order valence-corrected chi connectivity index (χ1v) is 11.5. The average molecular weight is 510 g/mol. The van der Waals surface area contributed by atoms with Gasteiger partial charge in [0.25, 0.3) is 0 Å². The Bertz CT molecular complexity index is 924. The highest BCUT2D eigenvalue weighted by Crippen LogP contribution is 2.11. The van der Waals surface area contributed by atoms with Crippen molar-refractivity contribution >= 4 is 29.6 Å². The molecule has 36 heavy (non-hydrogen) atoms. The first kappa shape index (κ1) is 30.3. The lowest BCUT2D eigenvalue weighted by Crippen LogP contribution is -2.58. The molecule has 0 heterocycles. The molecule has 0 radical (unpaired) electrons. The van der Waals surface area contributed by atoms with Crippen molar-refractivity contribution in [2.24, 2.45) is 17.4 Å². The Morgan fingerprint density at radius 3 is 2.00 bits per heavy atom. The van der Waals surface area contributed by atoms with Crippen molar-refractivity contribution in [1.82, 2.24) is 16.0 Å². The van der Waals surface area contributed by atoms with E-state index in [1.54, 1.807) is 26.0 Å². The van der Waals surface area contributed by atoms with Crippen LogP contribution in [-0.2, 0) is 30.4 Å². The summed E-state index contributed by atoms with van der Waals surface area (Å²) in [6.07, 6.45) is 0.0725. The van der Waals surface area contributed by atoms with Crippen LogP contribution in [0.2, 0.25) is 0 Å². The number of aliphatic hydroxyl groups is 1. The van der Waals surface area contributed by atoms with Crippen LogP contribution < -0.4 is 27.4 Å². The molecule has 200 valence electrons. The summed E-state index contributed by atoms with van der Waals surface area (Å²) in [4.78, 5) is 60.7. The van der Waals surface area contributed by atoms with E-state index in [1.807, 2.05) is 0 Å². The fourth-order valence-electron chi connectivity index (χ4n) is 3.22. The minimum atomic E-state index is -1.51. The van der Waals surface area contributed by atoms with Crippen LogP contribution in [0.15, 0.2) is 24.3 Å². The molecule has 0 saturated heterocycles. The zero-order valence-corrected chi connectivity index (χ0v) is 20.3. The second kappa shape index (κ2) is 14.6. The molecule has 4 amide bonds. The average Bonchev–Trinajstić information content (AvgIpc) is 2.83. The summed E-state index contributed by atoms with van der Waals surface area (Å²) in [5.74, 6) is -4.92. The van der Waals surface area contributed by atoms with Gasteiger partial charge in [-0.15, -0.1) is 0 Å². The van der Waals surface area contributed by atoms with Gasteiger partial charge in [0.15, 0.2) is 0 Å². The van der Waals surface area contributed by atoms with Gasteiger partial charge in [0, 0.05) is 6.42 Å². The number of aliphatic carboxylic acids is 1. The number of rotatable bonds is 15. The lowest BCUT2D eigenvalue weighted by molar-refractivity contribution is -0.144. The third-order valence-electron chi connectivity index (χ3n) is 5.63. The maximum Gasteiger partial charge on any atom is 0.326 e. The number of aliphatic hydroxyl groups excluding tert-OH is 1. The number of primary amides is 1. The molecule has 0 aliphatic heterocycles. The Labute approximate surface area is 208 Å². The SMILES string of the molecule is CCC(C)C(NC(=O)C(CO)NC(=O)C(CCC(N)=O)NC(=O)C(N)Cc1ccc(O)cc1)C(=O)O. The number of carboxylic acids is 1. The number of benzene rings is 1. The molecular formula is C23H35N5O8. The fraction of sp³-hybridized carbons (Fsp3) is 0.522. The van der Waals surface area contributed by atoms with Crippen molar-refractivity contribution in [3.8, 4) is 5.75 Å². The summed E-state index contributed by atoms with van der Waals surface area (Å²) >= 11 is 0. The minimum Gasteiger partial charge on any atom is -0.508 e. The zero-order chi connectivity index (χ0) is 27.4. The molecule has 5 unspecified atom stereocenters. The number of carbonyl (C=O) groups excluding carboxylic acids is 4. The van der Waals surface area contributed by atoms with Crippen molar-refractivity contribution in [2.45, 2.75) is 63.7 Å². The van der Waals surface area contributed by atoms with Gasteiger partial charge in [0.2, 0.25) is 23.6 Å². The van der Waals surface area contributed by atoms with E-state index in [1.165, 1.54) is 12.1 Å². The number of phenols is 1. The predicted molar refractivity (Wildman–Crippen MR) is 128 cm³/mol. The van der Waals surface area contributed by atoms with Crippen LogP contribution in [0, 0.1) is 5.92 Å². The molecule has 1 aromatic rings. The Kier molecular flexibility index (Phi) is 12.3. The van der Waals surface area contributed by atoms with Gasteiger partial charge in [-0.2, -0.15) is 0 Å². The number of aromatic hydroxyl groups is 1. The minimum absolute atomic E-state index is 0.0428. The van der Waals surface area contributed by atoms with Crippen molar-refractivity contribution < 1.29 is 39.3 Å². The van der Waals surface area contributed by atoms with Crippen LogP contribution >= 0.6 is 0 Å². The lowest BCUT2D eigenvalue weighted by Gasteiger charge is -2.25. The molecule has 10 N–H and O–H groups in total.